The molecule has 2 heterocycles. The lowest BCUT2D eigenvalue weighted by Crippen LogP contribution is -2.38. The molecule has 0 saturated carbocycles. The van der Waals surface area contributed by atoms with Crippen LogP contribution >= 0.6 is 0 Å². The first-order chi connectivity index (χ1) is 15.1. The highest BCUT2D eigenvalue weighted by Crippen LogP contribution is 2.34. The van der Waals surface area contributed by atoms with Crippen LogP contribution < -0.4 is 9.64 Å². The molecule has 32 heavy (non-hydrogen) atoms. The molecule has 1 aromatic carbocycles. The molecule has 2 aromatic rings. The van der Waals surface area contributed by atoms with Gasteiger partial charge in [0.1, 0.15) is 24.5 Å². The molecule has 1 aliphatic heterocycles. The third-order valence-electron chi connectivity index (χ3n) is 4.98. The average molecular weight is 464 g/mol. The first-order valence-electron chi connectivity index (χ1n) is 9.79. The van der Waals surface area contributed by atoms with Gasteiger partial charge in [0.25, 0.3) is 0 Å². The number of piperidine rings is 1. The van der Waals surface area contributed by atoms with Crippen LogP contribution in [0, 0.1) is 0 Å². The Morgan fingerprint density at radius 2 is 1.62 bits per heavy atom. The van der Waals surface area contributed by atoms with Gasteiger partial charge in [-0.1, -0.05) is 0 Å². The van der Waals surface area contributed by atoms with E-state index in [4.69, 9.17) is 14.2 Å². The zero-order valence-corrected chi connectivity index (χ0v) is 17.2. The lowest BCUT2D eigenvalue weighted by atomic mass is 10.1. The van der Waals surface area contributed by atoms with Crippen molar-refractivity contribution in [2.24, 2.45) is 0 Å². The van der Waals surface area contributed by atoms with Crippen LogP contribution in [0.5, 0.6) is 5.75 Å². The van der Waals surface area contributed by atoms with Crippen LogP contribution in [0.2, 0.25) is 0 Å². The van der Waals surface area contributed by atoms with E-state index in [0.717, 1.165) is 24.4 Å². The van der Waals surface area contributed by atoms with Crippen LogP contribution in [0.1, 0.15) is 29.5 Å². The molecule has 0 aliphatic carbocycles. The minimum atomic E-state index is -4.49. The van der Waals surface area contributed by atoms with E-state index in [0.29, 0.717) is 37.5 Å². The third-order valence-corrected chi connectivity index (χ3v) is 4.98. The van der Waals surface area contributed by atoms with Gasteiger partial charge >= 0.3 is 12.4 Å². The van der Waals surface area contributed by atoms with Crippen LogP contribution in [-0.2, 0) is 28.4 Å². The van der Waals surface area contributed by atoms with Gasteiger partial charge in [-0.15, -0.1) is 0 Å². The number of anilines is 1. The Morgan fingerprint density at radius 1 is 0.969 bits per heavy atom. The Bertz CT molecular complexity index is 879. The van der Waals surface area contributed by atoms with Crippen LogP contribution in [-0.4, -0.2) is 38.1 Å². The average Bonchev–Trinajstić information content (AvgIpc) is 2.74. The Hall–Kier alpha value is -2.53. The monoisotopic (exact) mass is 464 g/mol. The number of ether oxygens (including phenoxy) is 3. The molecular weight excluding hydrogens is 442 g/mol. The summed E-state index contributed by atoms with van der Waals surface area (Å²) in [5.74, 6) is 0.722. The number of alkyl halides is 6. The topological polar surface area (TPSA) is 43.8 Å². The van der Waals surface area contributed by atoms with Gasteiger partial charge in [-0.05, 0) is 30.3 Å². The molecule has 0 spiro atoms. The van der Waals surface area contributed by atoms with Crippen LogP contribution in [0.4, 0.5) is 32.2 Å². The van der Waals surface area contributed by atoms with Crippen molar-refractivity contribution >= 4 is 5.82 Å². The van der Waals surface area contributed by atoms with Gasteiger partial charge < -0.3 is 19.1 Å². The van der Waals surface area contributed by atoms with Gasteiger partial charge in [-0.3, -0.25) is 0 Å². The fourth-order valence-electron chi connectivity index (χ4n) is 3.34. The molecule has 1 aromatic heterocycles. The normalized spacial score (nSPS) is 15.8. The third kappa shape index (κ3) is 6.26. The molecule has 0 atom stereocenters. The van der Waals surface area contributed by atoms with Gasteiger partial charge in [0, 0.05) is 44.8 Å². The van der Waals surface area contributed by atoms with E-state index in [-0.39, 0.29) is 25.1 Å². The second-order valence-electron chi connectivity index (χ2n) is 7.28. The van der Waals surface area contributed by atoms with E-state index < -0.39 is 23.5 Å². The largest absolute Gasteiger partial charge is 0.490 e. The zero-order valence-electron chi connectivity index (χ0n) is 17.2. The molecule has 0 unspecified atom stereocenters. The molecule has 0 bridgehead atoms. The summed E-state index contributed by atoms with van der Waals surface area (Å²) in [5, 5.41) is 0. The summed E-state index contributed by atoms with van der Waals surface area (Å²) < 4.78 is 93.2. The van der Waals surface area contributed by atoms with E-state index in [1.807, 2.05) is 4.90 Å². The van der Waals surface area contributed by atoms with Crippen molar-refractivity contribution in [3.05, 3.63) is 53.2 Å². The predicted molar refractivity (Wildman–Crippen MR) is 103 cm³/mol. The number of rotatable bonds is 7. The van der Waals surface area contributed by atoms with Gasteiger partial charge in [-0.2, -0.15) is 26.3 Å². The fourth-order valence-corrected chi connectivity index (χ4v) is 3.34. The number of hydrogen-bond acceptors (Lipinski definition) is 5. The van der Waals surface area contributed by atoms with Crippen LogP contribution in [0.15, 0.2) is 36.5 Å². The molecule has 0 N–H and O–H groups in total. The molecule has 176 valence electrons. The number of aromatic nitrogens is 1. The minimum Gasteiger partial charge on any atom is -0.490 e. The molecule has 1 saturated heterocycles. The fraction of sp³-hybridized carbons (Fsp3) is 0.476. The Labute approximate surface area is 180 Å². The summed E-state index contributed by atoms with van der Waals surface area (Å²) >= 11 is 0. The Morgan fingerprint density at radius 3 is 2.19 bits per heavy atom. The summed E-state index contributed by atoms with van der Waals surface area (Å²) in [5.41, 5.74) is -1.36. The van der Waals surface area contributed by atoms with Crippen molar-refractivity contribution in [2.45, 2.75) is 37.9 Å². The molecule has 0 amide bonds. The van der Waals surface area contributed by atoms with Crippen molar-refractivity contribution < 1.29 is 40.6 Å². The van der Waals surface area contributed by atoms with Crippen molar-refractivity contribution in [1.82, 2.24) is 4.98 Å². The van der Waals surface area contributed by atoms with E-state index in [1.54, 1.807) is 0 Å². The lowest BCUT2D eigenvalue weighted by Gasteiger charge is -2.33. The summed E-state index contributed by atoms with van der Waals surface area (Å²) in [6.07, 6.45) is -7.34. The van der Waals surface area contributed by atoms with E-state index in [9.17, 15) is 26.3 Å². The van der Waals surface area contributed by atoms with E-state index >= 15 is 0 Å². The van der Waals surface area contributed by atoms with E-state index in [2.05, 4.69) is 4.98 Å². The first-order valence-corrected chi connectivity index (χ1v) is 9.79. The van der Waals surface area contributed by atoms with Crippen LogP contribution in [0.25, 0.3) is 0 Å². The van der Waals surface area contributed by atoms with Gasteiger partial charge in [0.05, 0.1) is 17.7 Å². The van der Waals surface area contributed by atoms with Gasteiger partial charge in [0.15, 0.2) is 0 Å². The van der Waals surface area contributed by atoms with E-state index in [1.165, 1.54) is 19.2 Å². The number of nitrogens with zero attached hydrogens (tertiary/aromatic N) is 2. The quantitative estimate of drug-likeness (QED) is 0.317. The molecule has 3 rings (SSSR count). The second-order valence-corrected chi connectivity index (χ2v) is 7.28. The van der Waals surface area contributed by atoms with Crippen molar-refractivity contribution in [3.63, 3.8) is 0 Å². The summed E-state index contributed by atoms with van der Waals surface area (Å²) in [4.78, 5) is 5.74. The van der Waals surface area contributed by atoms with Gasteiger partial charge in [0.2, 0.25) is 0 Å². The molecule has 1 fully saturated rings. The molecule has 1 aliphatic rings. The minimum absolute atomic E-state index is 0.0752. The molecule has 0 radical (unpaired) electrons. The Kier molecular flexibility index (Phi) is 7.50. The number of methoxy groups -OCH3 is 1. The number of benzene rings is 1. The highest BCUT2D eigenvalue weighted by molar-refractivity contribution is 5.41. The zero-order chi connectivity index (χ0) is 23.4. The highest BCUT2D eigenvalue weighted by atomic mass is 19.4. The first kappa shape index (κ1) is 24.1. The second kappa shape index (κ2) is 9.95. The SMILES string of the molecule is COCOCc1cc(C(F)(F)F)ccc1OC1CCN(c2ccc(C(F)(F)F)cn2)CC1. The lowest BCUT2D eigenvalue weighted by molar-refractivity contribution is -0.138. The van der Waals surface area contributed by atoms with Crippen molar-refractivity contribution in [2.75, 3.05) is 31.9 Å². The Balaban J connectivity index is 1.63. The molecule has 11 heteroatoms. The number of pyridine rings is 1. The predicted octanol–water partition coefficient (Wildman–Crippen LogP) is 5.29. The number of halogens is 6. The molecular formula is C21H22F6N2O3. The van der Waals surface area contributed by atoms with Gasteiger partial charge in [-0.25, -0.2) is 4.98 Å². The highest BCUT2D eigenvalue weighted by Gasteiger charge is 2.32. The van der Waals surface area contributed by atoms with Crippen LogP contribution in [0.3, 0.4) is 0 Å². The number of hydrogen-bond donors (Lipinski definition) is 0. The molecule has 5 nitrogen and oxygen atoms in total. The van der Waals surface area contributed by atoms with Crippen molar-refractivity contribution in [1.29, 1.82) is 0 Å². The maximum Gasteiger partial charge on any atom is 0.417 e. The standard InChI is InChI=1S/C21H22F6N2O3/c1-30-13-31-12-14-10-15(20(22,23)24)2-4-18(14)32-17-6-8-29(9-7-17)19-5-3-16(11-28-19)21(25,26)27/h2-5,10-11,17H,6-9,12-13H2,1H3. The summed E-state index contributed by atoms with van der Waals surface area (Å²) in [6, 6.07) is 5.53. The smallest absolute Gasteiger partial charge is 0.417 e. The summed E-state index contributed by atoms with van der Waals surface area (Å²) in [7, 11) is 1.41. The maximum absolute atomic E-state index is 13.1. The maximum atomic E-state index is 13.1. The van der Waals surface area contributed by atoms with Crippen molar-refractivity contribution in [3.8, 4) is 5.75 Å². The summed E-state index contributed by atoms with van der Waals surface area (Å²) in [6.45, 7) is 0.786.